The minimum Gasteiger partial charge on any atom is -0.496 e. The maximum atomic E-state index is 5.53. The Morgan fingerprint density at radius 1 is 1.10 bits per heavy atom. The summed E-state index contributed by atoms with van der Waals surface area (Å²) < 4.78 is 11.1. The first-order valence-electron chi connectivity index (χ1n) is 7.26. The van der Waals surface area contributed by atoms with Gasteiger partial charge in [-0.25, -0.2) is 0 Å². The van der Waals surface area contributed by atoms with Gasteiger partial charge in [0.15, 0.2) is 0 Å². The zero-order chi connectivity index (χ0) is 15.1. The van der Waals surface area contributed by atoms with Crippen LogP contribution in [-0.4, -0.2) is 20.8 Å². The Labute approximate surface area is 130 Å². The van der Waals surface area contributed by atoms with Gasteiger partial charge < -0.3 is 14.8 Å². The van der Waals surface area contributed by atoms with Crippen LogP contribution >= 0.6 is 11.3 Å². The maximum Gasteiger partial charge on any atom is 0.127 e. The van der Waals surface area contributed by atoms with Crippen molar-refractivity contribution in [2.45, 2.75) is 25.8 Å². The first kappa shape index (κ1) is 15.9. The summed E-state index contributed by atoms with van der Waals surface area (Å²) in [5.74, 6) is 1.76. The molecular formula is C17H23NO2S. The van der Waals surface area contributed by atoms with E-state index in [2.05, 4.69) is 29.8 Å². The minimum absolute atomic E-state index is 0.225. The third-order valence-electron chi connectivity index (χ3n) is 3.52. The molecule has 0 spiro atoms. The molecule has 2 aromatic rings. The molecule has 0 aliphatic heterocycles. The number of aryl methyl sites for hydroxylation is 1. The second kappa shape index (κ2) is 8.05. The molecule has 0 aliphatic rings. The molecule has 1 heterocycles. The van der Waals surface area contributed by atoms with Gasteiger partial charge in [-0.1, -0.05) is 19.1 Å². The molecule has 0 aliphatic carbocycles. The summed E-state index contributed by atoms with van der Waals surface area (Å²) in [6, 6.07) is 10.5. The highest BCUT2D eigenvalue weighted by molar-refractivity contribution is 7.09. The first-order chi connectivity index (χ1) is 10.3. The van der Waals surface area contributed by atoms with Crippen molar-refractivity contribution in [3.05, 3.63) is 46.2 Å². The average Bonchev–Trinajstić information content (AvgIpc) is 3.04. The molecule has 1 aromatic heterocycles. The largest absolute Gasteiger partial charge is 0.496 e. The van der Waals surface area contributed by atoms with Gasteiger partial charge in [0.25, 0.3) is 0 Å². The number of nitrogens with one attached hydrogen (secondary N) is 1. The molecule has 4 heteroatoms. The van der Waals surface area contributed by atoms with Crippen LogP contribution in [-0.2, 0) is 6.42 Å². The van der Waals surface area contributed by atoms with Gasteiger partial charge in [0.2, 0.25) is 0 Å². The van der Waals surface area contributed by atoms with Gasteiger partial charge in [0, 0.05) is 10.9 Å². The Kier molecular flexibility index (Phi) is 6.08. The van der Waals surface area contributed by atoms with Crippen LogP contribution in [0.1, 0.15) is 29.8 Å². The van der Waals surface area contributed by atoms with Crippen molar-refractivity contribution in [1.29, 1.82) is 0 Å². The highest BCUT2D eigenvalue weighted by Gasteiger charge is 2.20. The van der Waals surface area contributed by atoms with E-state index in [4.69, 9.17) is 9.47 Å². The molecule has 0 saturated carbocycles. The summed E-state index contributed by atoms with van der Waals surface area (Å²) in [6.45, 7) is 3.04. The molecule has 0 fully saturated rings. The molecule has 1 atom stereocenters. The van der Waals surface area contributed by atoms with Crippen molar-refractivity contribution in [3.8, 4) is 11.5 Å². The van der Waals surface area contributed by atoms with Crippen LogP contribution in [0.5, 0.6) is 11.5 Å². The summed E-state index contributed by atoms with van der Waals surface area (Å²) in [7, 11) is 3.42. The number of benzene rings is 1. The Hall–Kier alpha value is -1.52. The molecule has 0 saturated heterocycles. The van der Waals surface area contributed by atoms with Crippen LogP contribution in [0, 0.1) is 0 Å². The van der Waals surface area contributed by atoms with Gasteiger partial charge in [-0.15, -0.1) is 11.3 Å². The molecule has 2 rings (SSSR count). The summed E-state index contributed by atoms with van der Waals surface area (Å²) >= 11 is 1.81. The smallest absolute Gasteiger partial charge is 0.127 e. The highest BCUT2D eigenvalue weighted by Crippen LogP contribution is 2.36. The number of thiophene rings is 1. The molecule has 0 amide bonds. The Bertz CT molecular complexity index is 517. The maximum absolute atomic E-state index is 5.53. The van der Waals surface area contributed by atoms with E-state index in [0.29, 0.717) is 0 Å². The number of hydrogen-bond acceptors (Lipinski definition) is 4. The zero-order valence-corrected chi connectivity index (χ0v) is 13.7. The van der Waals surface area contributed by atoms with Crippen LogP contribution in [0.25, 0.3) is 0 Å². The van der Waals surface area contributed by atoms with Gasteiger partial charge in [0.05, 0.1) is 19.8 Å². The first-order valence-corrected chi connectivity index (χ1v) is 8.14. The fourth-order valence-electron chi connectivity index (χ4n) is 2.56. The van der Waals surface area contributed by atoms with E-state index in [1.165, 1.54) is 4.88 Å². The van der Waals surface area contributed by atoms with Crippen LogP contribution in [0.15, 0.2) is 35.7 Å². The number of ether oxygens (including phenoxy) is 2. The van der Waals surface area contributed by atoms with Gasteiger partial charge in [0.1, 0.15) is 11.5 Å². The lowest BCUT2D eigenvalue weighted by Gasteiger charge is -2.23. The minimum atomic E-state index is 0.225. The SMILES string of the molecule is CCNC(CCc1cccs1)c1c(OC)cccc1OC. The lowest BCUT2D eigenvalue weighted by atomic mass is 9.99. The van der Waals surface area contributed by atoms with Crippen molar-refractivity contribution in [2.75, 3.05) is 20.8 Å². The van der Waals surface area contributed by atoms with E-state index in [1.54, 1.807) is 14.2 Å². The quantitative estimate of drug-likeness (QED) is 0.798. The summed E-state index contributed by atoms with van der Waals surface area (Å²) in [4.78, 5) is 1.41. The normalized spacial score (nSPS) is 12.1. The van der Waals surface area contributed by atoms with E-state index in [9.17, 15) is 0 Å². The van der Waals surface area contributed by atoms with Crippen molar-refractivity contribution >= 4 is 11.3 Å². The van der Waals surface area contributed by atoms with Gasteiger partial charge in [-0.05, 0) is 43.0 Å². The lowest BCUT2D eigenvalue weighted by molar-refractivity contribution is 0.367. The summed E-state index contributed by atoms with van der Waals surface area (Å²) in [5, 5.41) is 5.68. The summed E-state index contributed by atoms with van der Waals surface area (Å²) in [6.07, 6.45) is 2.07. The van der Waals surface area contributed by atoms with E-state index in [0.717, 1.165) is 36.4 Å². The Morgan fingerprint density at radius 2 is 1.81 bits per heavy atom. The predicted molar refractivity (Wildman–Crippen MR) is 88.6 cm³/mol. The van der Waals surface area contributed by atoms with Crippen LogP contribution in [0.3, 0.4) is 0 Å². The second-order valence-electron chi connectivity index (χ2n) is 4.80. The highest BCUT2D eigenvalue weighted by atomic mass is 32.1. The molecule has 21 heavy (non-hydrogen) atoms. The Balaban J connectivity index is 2.24. The summed E-state index contributed by atoms with van der Waals surface area (Å²) in [5.41, 5.74) is 1.11. The molecule has 1 N–H and O–H groups in total. The van der Waals surface area contributed by atoms with E-state index in [-0.39, 0.29) is 6.04 Å². The van der Waals surface area contributed by atoms with Crippen molar-refractivity contribution in [2.24, 2.45) is 0 Å². The standard InChI is InChI=1S/C17H23NO2S/c1-4-18-14(11-10-13-7-6-12-21-13)17-15(19-2)8-5-9-16(17)20-3/h5-9,12,14,18H,4,10-11H2,1-3H3. The monoisotopic (exact) mass is 305 g/mol. The molecule has 0 radical (unpaired) electrons. The molecule has 0 bridgehead atoms. The predicted octanol–water partition coefficient (Wildman–Crippen LogP) is 4.05. The van der Waals surface area contributed by atoms with Crippen molar-refractivity contribution < 1.29 is 9.47 Å². The third-order valence-corrected chi connectivity index (χ3v) is 4.46. The van der Waals surface area contributed by atoms with Crippen molar-refractivity contribution in [3.63, 3.8) is 0 Å². The zero-order valence-electron chi connectivity index (χ0n) is 12.9. The fourth-order valence-corrected chi connectivity index (χ4v) is 3.28. The number of methoxy groups -OCH3 is 2. The number of rotatable bonds is 8. The van der Waals surface area contributed by atoms with Crippen molar-refractivity contribution in [1.82, 2.24) is 5.32 Å². The number of hydrogen-bond donors (Lipinski definition) is 1. The molecular weight excluding hydrogens is 282 g/mol. The molecule has 114 valence electrons. The van der Waals surface area contributed by atoms with Crippen LogP contribution < -0.4 is 14.8 Å². The van der Waals surface area contributed by atoms with Gasteiger partial charge in [-0.2, -0.15) is 0 Å². The van der Waals surface area contributed by atoms with E-state index < -0.39 is 0 Å². The second-order valence-corrected chi connectivity index (χ2v) is 5.84. The van der Waals surface area contributed by atoms with Crippen LogP contribution in [0.2, 0.25) is 0 Å². The van der Waals surface area contributed by atoms with Gasteiger partial charge >= 0.3 is 0 Å². The molecule has 1 unspecified atom stereocenters. The molecule has 3 nitrogen and oxygen atoms in total. The Morgan fingerprint density at radius 3 is 2.33 bits per heavy atom. The van der Waals surface area contributed by atoms with E-state index in [1.807, 2.05) is 29.5 Å². The van der Waals surface area contributed by atoms with Crippen LogP contribution in [0.4, 0.5) is 0 Å². The fraction of sp³-hybridized carbons (Fsp3) is 0.412. The average molecular weight is 305 g/mol. The van der Waals surface area contributed by atoms with E-state index >= 15 is 0 Å². The lowest BCUT2D eigenvalue weighted by Crippen LogP contribution is -2.22. The topological polar surface area (TPSA) is 30.5 Å². The molecule has 1 aromatic carbocycles. The van der Waals surface area contributed by atoms with Gasteiger partial charge in [-0.3, -0.25) is 0 Å². The third kappa shape index (κ3) is 3.99.